The minimum Gasteiger partial charge on any atom is -0.495 e. The fourth-order valence-electron chi connectivity index (χ4n) is 2.80. The summed E-state index contributed by atoms with van der Waals surface area (Å²) in [5.74, 6) is 0.601. The summed E-state index contributed by atoms with van der Waals surface area (Å²) in [6.07, 6.45) is 1.62. The highest BCUT2D eigenvalue weighted by Gasteiger charge is 2.36. The lowest BCUT2D eigenvalue weighted by Crippen LogP contribution is -2.36. The number of hydrogen-bond donors (Lipinski definition) is 1. The lowest BCUT2D eigenvalue weighted by Gasteiger charge is -2.13. The van der Waals surface area contributed by atoms with Gasteiger partial charge in [0.2, 0.25) is 5.91 Å². The van der Waals surface area contributed by atoms with E-state index in [1.54, 1.807) is 18.2 Å². The van der Waals surface area contributed by atoms with Gasteiger partial charge in [-0.2, -0.15) is 0 Å². The summed E-state index contributed by atoms with van der Waals surface area (Å²) < 4.78 is 10.7. The van der Waals surface area contributed by atoms with Gasteiger partial charge in [0.15, 0.2) is 0 Å². The molecule has 2 aromatic rings. The number of ether oxygens (including phenoxy) is 2. The van der Waals surface area contributed by atoms with Gasteiger partial charge in [-0.25, -0.2) is 0 Å². The zero-order chi connectivity index (χ0) is 23.3. The maximum absolute atomic E-state index is 12.7. The first-order chi connectivity index (χ1) is 15.3. The van der Waals surface area contributed by atoms with Gasteiger partial charge in [0.25, 0.3) is 11.1 Å². The highest BCUT2D eigenvalue weighted by atomic mass is 35.5. The Bertz CT molecular complexity index is 1050. The first-order valence-electron chi connectivity index (χ1n) is 9.88. The van der Waals surface area contributed by atoms with Crippen LogP contribution in [0.25, 0.3) is 6.08 Å². The number of rotatable bonds is 8. The van der Waals surface area contributed by atoms with E-state index in [0.29, 0.717) is 29.0 Å². The smallest absolute Gasteiger partial charge is 0.294 e. The van der Waals surface area contributed by atoms with Crippen LogP contribution < -0.4 is 14.8 Å². The molecule has 0 saturated carbocycles. The third kappa shape index (κ3) is 6.05. The van der Waals surface area contributed by atoms with Gasteiger partial charge in [-0.1, -0.05) is 37.6 Å². The molecule has 1 aliphatic heterocycles. The van der Waals surface area contributed by atoms with Crippen molar-refractivity contribution in [3.8, 4) is 11.5 Å². The minimum atomic E-state index is -0.513. The monoisotopic (exact) mass is 474 g/mol. The molecule has 1 fully saturated rings. The number of anilines is 1. The van der Waals surface area contributed by atoms with Gasteiger partial charge in [0.1, 0.15) is 18.0 Å². The molecular formula is C23H23ClN2O5S. The van der Waals surface area contributed by atoms with E-state index in [-0.39, 0.29) is 4.91 Å². The molecule has 168 valence electrons. The topological polar surface area (TPSA) is 84.9 Å². The van der Waals surface area contributed by atoms with E-state index in [4.69, 9.17) is 21.1 Å². The molecule has 9 heteroatoms. The number of carbonyl (C=O) groups is 3. The molecule has 0 aromatic heterocycles. The molecule has 1 N–H and O–H groups in total. The first kappa shape index (κ1) is 23.7. The summed E-state index contributed by atoms with van der Waals surface area (Å²) in [7, 11) is 1.49. The molecule has 3 rings (SSSR count). The molecule has 32 heavy (non-hydrogen) atoms. The van der Waals surface area contributed by atoms with Gasteiger partial charge >= 0.3 is 0 Å². The van der Waals surface area contributed by atoms with E-state index in [9.17, 15) is 14.4 Å². The number of nitrogens with zero attached hydrogens (tertiary/aromatic N) is 1. The van der Waals surface area contributed by atoms with Crippen LogP contribution in [0.1, 0.15) is 19.4 Å². The Morgan fingerprint density at radius 1 is 1.19 bits per heavy atom. The number of carbonyl (C=O) groups excluding carboxylic acids is 3. The molecule has 0 aliphatic carbocycles. The Hall–Kier alpha value is -2.97. The first-order valence-corrected chi connectivity index (χ1v) is 11.1. The number of benzene rings is 2. The van der Waals surface area contributed by atoms with Crippen LogP contribution in [-0.2, 0) is 9.59 Å². The van der Waals surface area contributed by atoms with Crippen LogP contribution in [0.2, 0.25) is 5.02 Å². The molecule has 7 nitrogen and oxygen atoms in total. The molecule has 1 saturated heterocycles. The predicted molar refractivity (Wildman–Crippen MR) is 126 cm³/mol. The largest absolute Gasteiger partial charge is 0.495 e. The molecule has 0 bridgehead atoms. The lowest BCUT2D eigenvalue weighted by atomic mass is 10.2. The second-order valence-corrected chi connectivity index (χ2v) is 8.84. The average molecular weight is 475 g/mol. The Morgan fingerprint density at radius 3 is 2.53 bits per heavy atom. The van der Waals surface area contributed by atoms with E-state index in [2.05, 4.69) is 19.2 Å². The quantitative estimate of drug-likeness (QED) is 0.538. The third-order valence-corrected chi connectivity index (χ3v) is 5.57. The Labute approximate surface area is 195 Å². The van der Waals surface area contributed by atoms with Crippen molar-refractivity contribution >= 4 is 52.2 Å². The van der Waals surface area contributed by atoms with Crippen LogP contribution in [0.4, 0.5) is 10.5 Å². The lowest BCUT2D eigenvalue weighted by molar-refractivity contribution is -0.127. The zero-order valence-corrected chi connectivity index (χ0v) is 19.5. The molecule has 1 heterocycles. The second-order valence-electron chi connectivity index (χ2n) is 7.44. The third-order valence-electron chi connectivity index (χ3n) is 4.37. The Morgan fingerprint density at radius 2 is 1.91 bits per heavy atom. The molecule has 0 radical (unpaired) electrons. The van der Waals surface area contributed by atoms with E-state index in [1.807, 2.05) is 24.3 Å². The summed E-state index contributed by atoms with van der Waals surface area (Å²) in [5, 5.41) is 2.46. The van der Waals surface area contributed by atoms with Crippen molar-refractivity contribution in [1.82, 2.24) is 4.90 Å². The minimum absolute atomic E-state index is 0.256. The summed E-state index contributed by atoms with van der Waals surface area (Å²) >= 11 is 6.85. The van der Waals surface area contributed by atoms with Gasteiger partial charge < -0.3 is 14.8 Å². The maximum atomic E-state index is 12.7. The molecule has 2 aromatic carbocycles. The molecule has 0 unspecified atom stereocenters. The van der Waals surface area contributed by atoms with E-state index < -0.39 is 23.6 Å². The Kier molecular flexibility index (Phi) is 7.82. The SMILES string of the molecule is COc1ccc(NC(=O)CN2C(=O)S/C(=C\c3ccc(OCC(C)C)cc3)C2=O)cc1Cl. The number of thioether (sulfide) groups is 1. The van der Waals surface area contributed by atoms with Crippen molar-refractivity contribution in [3.63, 3.8) is 0 Å². The van der Waals surface area contributed by atoms with Crippen molar-refractivity contribution in [3.05, 3.63) is 58.0 Å². The van der Waals surface area contributed by atoms with Crippen LogP contribution in [0.3, 0.4) is 0 Å². The molecule has 1 aliphatic rings. The highest BCUT2D eigenvalue weighted by Crippen LogP contribution is 2.32. The van der Waals surface area contributed by atoms with E-state index >= 15 is 0 Å². The molecular weight excluding hydrogens is 452 g/mol. The van der Waals surface area contributed by atoms with Crippen LogP contribution in [-0.4, -0.2) is 42.2 Å². The van der Waals surface area contributed by atoms with Crippen LogP contribution >= 0.6 is 23.4 Å². The number of amides is 3. The average Bonchev–Trinajstić information content (AvgIpc) is 3.00. The summed E-state index contributed by atoms with van der Waals surface area (Å²) in [5.41, 5.74) is 1.19. The number of imide groups is 1. The number of hydrogen-bond acceptors (Lipinski definition) is 6. The van der Waals surface area contributed by atoms with Gasteiger partial charge in [-0.15, -0.1) is 0 Å². The van der Waals surface area contributed by atoms with Crippen LogP contribution in [0.5, 0.6) is 11.5 Å². The number of methoxy groups -OCH3 is 1. The number of halogens is 1. The van der Waals surface area contributed by atoms with Gasteiger partial charge in [0, 0.05) is 5.69 Å². The van der Waals surface area contributed by atoms with Crippen molar-refractivity contribution in [2.24, 2.45) is 5.92 Å². The number of nitrogens with one attached hydrogen (secondary N) is 1. The van der Waals surface area contributed by atoms with Crippen molar-refractivity contribution in [2.75, 3.05) is 25.6 Å². The van der Waals surface area contributed by atoms with Crippen molar-refractivity contribution < 1.29 is 23.9 Å². The van der Waals surface area contributed by atoms with Gasteiger partial charge in [-0.3, -0.25) is 19.3 Å². The standard InChI is InChI=1S/C23H23ClN2O5S/c1-14(2)13-31-17-7-4-15(5-8-17)10-20-22(28)26(23(29)32-20)12-21(27)25-16-6-9-19(30-3)18(24)11-16/h4-11,14H,12-13H2,1-3H3,(H,25,27)/b20-10-. The van der Waals surface area contributed by atoms with Crippen molar-refractivity contribution in [1.29, 1.82) is 0 Å². The maximum Gasteiger partial charge on any atom is 0.294 e. The zero-order valence-electron chi connectivity index (χ0n) is 17.9. The van der Waals surface area contributed by atoms with E-state index in [1.165, 1.54) is 13.2 Å². The fraction of sp³-hybridized carbons (Fsp3) is 0.261. The van der Waals surface area contributed by atoms with Crippen LogP contribution in [0.15, 0.2) is 47.4 Å². The van der Waals surface area contributed by atoms with Gasteiger partial charge in [-0.05, 0) is 59.7 Å². The normalized spacial score (nSPS) is 14.9. The fourth-order valence-corrected chi connectivity index (χ4v) is 3.90. The van der Waals surface area contributed by atoms with Crippen LogP contribution in [0, 0.1) is 5.92 Å². The molecule has 3 amide bonds. The van der Waals surface area contributed by atoms with Gasteiger partial charge in [0.05, 0.1) is 23.6 Å². The van der Waals surface area contributed by atoms with E-state index in [0.717, 1.165) is 28.0 Å². The molecule has 0 atom stereocenters. The summed E-state index contributed by atoms with van der Waals surface area (Å²) in [6, 6.07) is 12.0. The molecule has 0 spiro atoms. The van der Waals surface area contributed by atoms with Crippen molar-refractivity contribution in [2.45, 2.75) is 13.8 Å². The highest BCUT2D eigenvalue weighted by molar-refractivity contribution is 8.18. The predicted octanol–water partition coefficient (Wildman–Crippen LogP) is 5.06. The summed E-state index contributed by atoms with van der Waals surface area (Å²) in [6.45, 7) is 4.35. The summed E-state index contributed by atoms with van der Waals surface area (Å²) in [4.78, 5) is 38.5. The second kappa shape index (κ2) is 10.6. The Balaban J connectivity index is 1.62.